The van der Waals surface area contributed by atoms with Crippen molar-refractivity contribution in [3.05, 3.63) is 29.8 Å². The molecular weight excluding hydrogens is 326 g/mol. The minimum absolute atomic E-state index is 0.0396. The Bertz CT molecular complexity index is 672. The first kappa shape index (κ1) is 17.3. The summed E-state index contributed by atoms with van der Waals surface area (Å²) in [6, 6.07) is 8.07. The molecule has 6 heteroatoms. The molecule has 1 amide bonds. The molecule has 3 rings (SSSR count). The van der Waals surface area contributed by atoms with Gasteiger partial charge >= 0.3 is 0 Å². The van der Waals surface area contributed by atoms with E-state index in [2.05, 4.69) is 11.4 Å². The zero-order valence-electron chi connectivity index (χ0n) is 13.9. The Balaban J connectivity index is 1.45. The molecule has 0 radical (unpaired) electrons. The molecule has 1 aromatic carbocycles. The fourth-order valence-corrected chi connectivity index (χ4v) is 5.06. The van der Waals surface area contributed by atoms with Crippen molar-refractivity contribution in [2.75, 3.05) is 24.7 Å². The Morgan fingerprint density at radius 3 is 2.67 bits per heavy atom. The molecule has 1 fully saturated rings. The lowest BCUT2D eigenvalue weighted by molar-refractivity contribution is -0.122. The zero-order chi connectivity index (χ0) is 17.0. The first-order valence-electron chi connectivity index (χ1n) is 8.70. The van der Waals surface area contributed by atoms with Gasteiger partial charge in [0.05, 0.1) is 18.1 Å². The highest BCUT2D eigenvalue weighted by molar-refractivity contribution is 7.91. The summed E-state index contributed by atoms with van der Waals surface area (Å²) in [5.74, 6) is 2.02. The number of ether oxygens (including phenoxy) is 1. The van der Waals surface area contributed by atoms with Crippen LogP contribution in [0.3, 0.4) is 0 Å². The lowest BCUT2D eigenvalue weighted by atomic mass is 9.96. The number of rotatable bonds is 4. The van der Waals surface area contributed by atoms with Crippen LogP contribution in [0.25, 0.3) is 0 Å². The summed E-state index contributed by atoms with van der Waals surface area (Å²) in [6.07, 6.45) is 3.50. The molecular formula is C18H25NO4S. The average Bonchev–Trinajstić information content (AvgIpc) is 2.77. The van der Waals surface area contributed by atoms with E-state index < -0.39 is 9.84 Å². The van der Waals surface area contributed by atoms with Gasteiger partial charge in [0.2, 0.25) is 5.91 Å². The van der Waals surface area contributed by atoms with E-state index in [1.54, 1.807) is 0 Å². The van der Waals surface area contributed by atoms with Crippen molar-refractivity contribution in [1.82, 2.24) is 5.32 Å². The molecule has 2 aliphatic heterocycles. The van der Waals surface area contributed by atoms with Crippen LogP contribution < -0.4 is 10.1 Å². The van der Waals surface area contributed by atoms with Crippen LogP contribution >= 0.6 is 0 Å². The summed E-state index contributed by atoms with van der Waals surface area (Å²) in [6.45, 7) is 1.33. The number of nitrogens with one attached hydrogen (secondary N) is 1. The molecule has 5 nitrogen and oxygen atoms in total. The van der Waals surface area contributed by atoms with Crippen LogP contribution in [-0.4, -0.2) is 39.0 Å². The van der Waals surface area contributed by atoms with Crippen LogP contribution in [0.4, 0.5) is 0 Å². The fourth-order valence-electron chi connectivity index (χ4n) is 3.47. The number of hydrogen-bond donors (Lipinski definition) is 1. The molecule has 0 aliphatic carbocycles. The largest absolute Gasteiger partial charge is 0.493 e. The smallest absolute Gasteiger partial charge is 0.220 e. The Labute approximate surface area is 143 Å². The second-order valence-corrected chi connectivity index (χ2v) is 9.22. The zero-order valence-corrected chi connectivity index (χ0v) is 14.7. The summed E-state index contributed by atoms with van der Waals surface area (Å²) >= 11 is 0. The third kappa shape index (κ3) is 4.72. The van der Waals surface area contributed by atoms with Gasteiger partial charge in [0.25, 0.3) is 0 Å². The van der Waals surface area contributed by atoms with Gasteiger partial charge < -0.3 is 10.1 Å². The molecule has 1 N–H and O–H groups in total. The van der Waals surface area contributed by atoms with Crippen LogP contribution in [-0.2, 0) is 21.1 Å². The van der Waals surface area contributed by atoms with Crippen molar-refractivity contribution in [2.24, 2.45) is 11.8 Å². The summed E-state index contributed by atoms with van der Waals surface area (Å²) < 4.78 is 28.6. The third-order valence-electron chi connectivity index (χ3n) is 5.00. The molecule has 0 saturated carbocycles. The molecule has 0 aromatic heterocycles. The fraction of sp³-hybridized carbons (Fsp3) is 0.611. The minimum atomic E-state index is -2.86. The van der Waals surface area contributed by atoms with Crippen LogP contribution in [0.15, 0.2) is 24.3 Å². The number of sulfone groups is 1. The van der Waals surface area contributed by atoms with Gasteiger partial charge in [-0.25, -0.2) is 8.42 Å². The number of para-hydroxylation sites is 1. The van der Waals surface area contributed by atoms with Gasteiger partial charge in [0, 0.05) is 13.0 Å². The van der Waals surface area contributed by atoms with E-state index in [4.69, 9.17) is 4.74 Å². The van der Waals surface area contributed by atoms with Gasteiger partial charge in [0.15, 0.2) is 0 Å². The van der Waals surface area contributed by atoms with E-state index in [9.17, 15) is 13.2 Å². The van der Waals surface area contributed by atoms with E-state index in [-0.39, 0.29) is 23.3 Å². The Morgan fingerprint density at radius 1 is 1.12 bits per heavy atom. The van der Waals surface area contributed by atoms with Crippen LogP contribution in [0.1, 0.15) is 31.2 Å². The SMILES string of the molecule is O=C(CC1CCS(=O)(=O)CC1)NC[C@@H]1CCOc2ccccc2C1. The van der Waals surface area contributed by atoms with Crippen molar-refractivity contribution in [1.29, 1.82) is 0 Å². The second-order valence-electron chi connectivity index (χ2n) is 6.92. The average molecular weight is 351 g/mol. The topological polar surface area (TPSA) is 72.5 Å². The molecule has 132 valence electrons. The molecule has 2 heterocycles. The lowest BCUT2D eigenvalue weighted by Gasteiger charge is -2.22. The normalized spacial score (nSPS) is 23.6. The summed E-state index contributed by atoms with van der Waals surface area (Å²) in [4.78, 5) is 12.2. The highest BCUT2D eigenvalue weighted by Gasteiger charge is 2.25. The highest BCUT2D eigenvalue weighted by atomic mass is 32.2. The van der Waals surface area contributed by atoms with Crippen molar-refractivity contribution in [3.8, 4) is 5.75 Å². The molecule has 2 aliphatic rings. The molecule has 0 bridgehead atoms. The molecule has 24 heavy (non-hydrogen) atoms. The summed E-state index contributed by atoms with van der Waals surface area (Å²) in [5, 5.41) is 3.04. The van der Waals surface area contributed by atoms with Crippen molar-refractivity contribution < 1.29 is 17.9 Å². The van der Waals surface area contributed by atoms with Gasteiger partial charge in [-0.15, -0.1) is 0 Å². The van der Waals surface area contributed by atoms with Crippen LogP contribution in [0.2, 0.25) is 0 Å². The first-order chi connectivity index (χ1) is 11.5. The Kier molecular flexibility index (Phi) is 5.43. The minimum Gasteiger partial charge on any atom is -0.493 e. The van der Waals surface area contributed by atoms with E-state index in [0.29, 0.717) is 38.3 Å². The highest BCUT2D eigenvalue weighted by Crippen LogP contribution is 2.26. The van der Waals surface area contributed by atoms with Crippen molar-refractivity contribution in [3.63, 3.8) is 0 Å². The van der Waals surface area contributed by atoms with Gasteiger partial charge in [-0.1, -0.05) is 18.2 Å². The van der Waals surface area contributed by atoms with E-state index in [1.165, 1.54) is 5.56 Å². The van der Waals surface area contributed by atoms with E-state index >= 15 is 0 Å². The van der Waals surface area contributed by atoms with Gasteiger partial charge in [-0.05, 0) is 49.1 Å². The number of carbonyl (C=O) groups excluding carboxylic acids is 1. The number of fused-ring (bicyclic) bond motifs is 1. The lowest BCUT2D eigenvalue weighted by Crippen LogP contribution is -2.33. The molecule has 1 saturated heterocycles. The van der Waals surface area contributed by atoms with Crippen LogP contribution in [0, 0.1) is 11.8 Å². The maximum absolute atomic E-state index is 12.2. The predicted molar refractivity (Wildman–Crippen MR) is 92.8 cm³/mol. The standard InChI is InChI=1S/C18H25NO4S/c20-18(12-14-6-9-24(21,22)10-7-14)19-13-15-5-8-23-17-4-2-1-3-16(17)11-15/h1-4,14-15H,5-13H2,(H,19,20)/t15-/m1/s1. The molecule has 0 spiro atoms. The quantitative estimate of drug-likeness (QED) is 0.900. The number of hydrogen-bond acceptors (Lipinski definition) is 4. The summed E-state index contributed by atoms with van der Waals surface area (Å²) in [7, 11) is -2.86. The number of carbonyl (C=O) groups is 1. The summed E-state index contributed by atoms with van der Waals surface area (Å²) in [5.41, 5.74) is 1.20. The molecule has 1 atom stereocenters. The monoisotopic (exact) mass is 351 g/mol. The van der Waals surface area contributed by atoms with Gasteiger partial charge in [-0.3, -0.25) is 4.79 Å². The Hall–Kier alpha value is -1.56. The van der Waals surface area contributed by atoms with Gasteiger partial charge in [0.1, 0.15) is 15.6 Å². The maximum Gasteiger partial charge on any atom is 0.220 e. The predicted octanol–water partition coefficient (Wildman–Crippen LogP) is 1.96. The first-order valence-corrected chi connectivity index (χ1v) is 10.5. The van der Waals surface area contributed by atoms with E-state index in [1.807, 2.05) is 18.2 Å². The van der Waals surface area contributed by atoms with Crippen LogP contribution in [0.5, 0.6) is 5.75 Å². The molecule has 0 unspecified atom stereocenters. The maximum atomic E-state index is 12.2. The third-order valence-corrected chi connectivity index (χ3v) is 6.72. The van der Waals surface area contributed by atoms with E-state index in [0.717, 1.165) is 18.6 Å². The molecule has 1 aromatic rings. The number of benzene rings is 1. The Morgan fingerprint density at radius 2 is 1.88 bits per heavy atom. The van der Waals surface area contributed by atoms with Gasteiger partial charge in [-0.2, -0.15) is 0 Å². The second kappa shape index (κ2) is 7.55. The number of amides is 1. The van der Waals surface area contributed by atoms with Crippen molar-refractivity contribution in [2.45, 2.75) is 32.1 Å². The van der Waals surface area contributed by atoms with Crippen molar-refractivity contribution >= 4 is 15.7 Å².